The largest absolute Gasteiger partial charge is 0.385 e. The van der Waals surface area contributed by atoms with Crippen molar-refractivity contribution in [2.75, 3.05) is 26.8 Å². The Hall–Kier alpha value is -1.92. The van der Waals surface area contributed by atoms with Gasteiger partial charge in [-0.2, -0.15) is 0 Å². The molecule has 6 heteroatoms. The number of ether oxygens (including phenoxy) is 1. The van der Waals surface area contributed by atoms with Crippen LogP contribution in [0.15, 0.2) is 42.6 Å². The predicted octanol–water partition coefficient (Wildman–Crippen LogP) is 4.87. The quantitative estimate of drug-likeness (QED) is 0.535. The van der Waals surface area contributed by atoms with Crippen LogP contribution in [0.5, 0.6) is 0 Å². The zero-order valence-corrected chi connectivity index (χ0v) is 17.6. The fraction of sp³-hybridized carbons (Fsp3) is 0.435. The van der Waals surface area contributed by atoms with E-state index in [2.05, 4.69) is 20.5 Å². The Morgan fingerprint density at radius 2 is 1.90 bits per heavy atom. The Bertz CT molecular complexity index is 955. The summed E-state index contributed by atoms with van der Waals surface area (Å²) in [5, 5.41) is 12.0. The van der Waals surface area contributed by atoms with Gasteiger partial charge in [0.15, 0.2) is 0 Å². The van der Waals surface area contributed by atoms with Gasteiger partial charge in [-0.3, -0.25) is 9.88 Å². The molecule has 0 radical (unpaired) electrons. The third-order valence-corrected chi connectivity index (χ3v) is 5.99. The van der Waals surface area contributed by atoms with E-state index < -0.39 is 6.23 Å². The number of benzene rings is 1. The summed E-state index contributed by atoms with van der Waals surface area (Å²) in [6, 6.07) is 11.8. The Morgan fingerprint density at radius 1 is 1.10 bits per heavy atom. The van der Waals surface area contributed by atoms with Crippen LogP contribution in [0.2, 0.25) is 5.02 Å². The van der Waals surface area contributed by atoms with E-state index in [9.17, 15) is 5.11 Å². The Balaban J connectivity index is 1.61. The van der Waals surface area contributed by atoms with Gasteiger partial charge >= 0.3 is 0 Å². The number of aromatic nitrogens is 2. The van der Waals surface area contributed by atoms with Crippen molar-refractivity contribution in [2.24, 2.45) is 0 Å². The standard InChI is InChI=1S/C23H28ClN3O2/c1-29-16-5-3-2-4-13-26-14-15-27-19-7-6-12-25-21(19)20(22(27)23(26)28)17-8-10-18(24)11-9-17/h6-12,23,28H,2-5,13-16H2,1H3. The summed E-state index contributed by atoms with van der Waals surface area (Å²) in [6.45, 7) is 3.41. The summed E-state index contributed by atoms with van der Waals surface area (Å²) in [7, 11) is 1.75. The number of fused-ring (bicyclic) bond motifs is 3. The minimum atomic E-state index is -0.636. The first kappa shape index (κ1) is 20.4. The molecule has 0 bridgehead atoms. The highest BCUT2D eigenvalue weighted by Crippen LogP contribution is 2.40. The smallest absolute Gasteiger partial charge is 0.149 e. The molecule has 1 aliphatic heterocycles. The van der Waals surface area contributed by atoms with E-state index in [1.54, 1.807) is 7.11 Å². The van der Waals surface area contributed by atoms with Crippen molar-refractivity contribution in [3.05, 3.63) is 53.3 Å². The Morgan fingerprint density at radius 3 is 2.69 bits per heavy atom. The van der Waals surface area contributed by atoms with E-state index >= 15 is 0 Å². The molecule has 1 atom stereocenters. The maximum absolute atomic E-state index is 11.3. The second kappa shape index (κ2) is 9.26. The van der Waals surface area contributed by atoms with Gasteiger partial charge in [-0.1, -0.05) is 36.6 Å². The lowest BCUT2D eigenvalue weighted by atomic mass is 10.0. The van der Waals surface area contributed by atoms with Gasteiger partial charge in [-0.05, 0) is 42.7 Å². The molecule has 0 saturated heterocycles. The van der Waals surface area contributed by atoms with Gasteiger partial charge in [0.2, 0.25) is 0 Å². The van der Waals surface area contributed by atoms with Crippen molar-refractivity contribution >= 4 is 22.6 Å². The van der Waals surface area contributed by atoms with Crippen LogP contribution in [0.3, 0.4) is 0 Å². The molecule has 5 nitrogen and oxygen atoms in total. The summed E-state index contributed by atoms with van der Waals surface area (Å²) in [6.07, 6.45) is 5.68. The van der Waals surface area contributed by atoms with Gasteiger partial charge in [-0.15, -0.1) is 0 Å². The minimum Gasteiger partial charge on any atom is -0.385 e. The van der Waals surface area contributed by atoms with Crippen LogP contribution in [0.25, 0.3) is 22.2 Å². The summed E-state index contributed by atoms with van der Waals surface area (Å²) < 4.78 is 7.35. The number of unbranched alkanes of at least 4 members (excludes halogenated alkanes) is 3. The van der Waals surface area contributed by atoms with Gasteiger partial charge in [0.1, 0.15) is 6.23 Å². The third-order valence-electron chi connectivity index (χ3n) is 5.74. The SMILES string of the molecule is COCCCCCCN1CCn2c(c(-c3ccc(Cl)cc3)c3ncccc32)C1O. The van der Waals surface area contributed by atoms with Crippen molar-refractivity contribution in [2.45, 2.75) is 38.5 Å². The van der Waals surface area contributed by atoms with Crippen molar-refractivity contribution in [3.63, 3.8) is 0 Å². The minimum absolute atomic E-state index is 0.636. The molecule has 3 aromatic rings. The molecular weight excluding hydrogens is 386 g/mol. The molecule has 1 unspecified atom stereocenters. The summed E-state index contributed by atoms with van der Waals surface area (Å²) in [5.74, 6) is 0. The molecule has 0 amide bonds. The second-order valence-electron chi connectivity index (χ2n) is 7.61. The van der Waals surface area contributed by atoms with E-state index in [0.717, 1.165) is 79.8 Å². The van der Waals surface area contributed by atoms with E-state index in [4.69, 9.17) is 16.3 Å². The molecule has 0 fully saturated rings. The fourth-order valence-electron chi connectivity index (χ4n) is 4.28. The molecular formula is C23H28ClN3O2. The van der Waals surface area contributed by atoms with Crippen LogP contribution >= 0.6 is 11.6 Å². The van der Waals surface area contributed by atoms with Crippen LogP contribution in [-0.2, 0) is 11.3 Å². The van der Waals surface area contributed by atoms with Crippen LogP contribution < -0.4 is 0 Å². The highest BCUT2D eigenvalue weighted by atomic mass is 35.5. The molecule has 3 heterocycles. The van der Waals surface area contributed by atoms with Crippen molar-refractivity contribution in [3.8, 4) is 11.1 Å². The predicted molar refractivity (Wildman–Crippen MR) is 117 cm³/mol. The van der Waals surface area contributed by atoms with Gasteiger partial charge in [0.25, 0.3) is 0 Å². The summed E-state index contributed by atoms with van der Waals surface area (Å²) in [4.78, 5) is 6.84. The first-order chi connectivity index (χ1) is 14.2. The lowest BCUT2D eigenvalue weighted by Gasteiger charge is -2.34. The van der Waals surface area contributed by atoms with E-state index in [-0.39, 0.29) is 0 Å². The van der Waals surface area contributed by atoms with E-state index in [1.165, 1.54) is 0 Å². The van der Waals surface area contributed by atoms with Crippen LogP contribution in [0.1, 0.15) is 37.6 Å². The zero-order valence-electron chi connectivity index (χ0n) is 16.9. The number of aliphatic hydroxyl groups is 1. The molecule has 1 aliphatic rings. The highest BCUT2D eigenvalue weighted by molar-refractivity contribution is 6.30. The molecule has 0 spiro atoms. The second-order valence-corrected chi connectivity index (χ2v) is 8.04. The fourth-order valence-corrected chi connectivity index (χ4v) is 4.40. The lowest BCUT2D eigenvalue weighted by molar-refractivity contribution is -0.0206. The average molecular weight is 414 g/mol. The zero-order chi connectivity index (χ0) is 20.2. The number of methoxy groups -OCH3 is 1. The molecule has 1 N–H and O–H groups in total. The van der Waals surface area contributed by atoms with Gasteiger partial charge in [-0.25, -0.2) is 0 Å². The monoisotopic (exact) mass is 413 g/mol. The lowest BCUT2D eigenvalue weighted by Crippen LogP contribution is -2.38. The number of nitrogens with zero attached hydrogens (tertiary/aromatic N) is 3. The first-order valence-electron chi connectivity index (χ1n) is 10.3. The highest BCUT2D eigenvalue weighted by Gasteiger charge is 2.31. The van der Waals surface area contributed by atoms with Gasteiger partial charge < -0.3 is 14.4 Å². The molecule has 154 valence electrons. The van der Waals surface area contributed by atoms with E-state index in [1.807, 2.05) is 36.5 Å². The normalized spacial score (nSPS) is 17.0. The van der Waals surface area contributed by atoms with Crippen LogP contribution in [0.4, 0.5) is 0 Å². The first-order valence-corrected chi connectivity index (χ1v) is 10.7. The van der Waals surface area contributed by atoms with Gasteiger partial charge in [0, 0.05) is 50.1 Å². The molecule has 29 heavy (non-hydrogen) atoms. The topological polar surface area (TPSA) is 50.5 Å². The van der Waals surface area contributed by atoms with Crippen LogP contribution in [-0.4, -0.2) is 46.4 Å². The maximum Gasteiger partial charge on any atom is 0.149 e. The van der Waals surface area contributed by atoms with Crippen molar-refractivity contribution in [1.29, 1.82) is 0 Å². The van der Waals surface area contributed by atoms with E-state index in [0.29, 0.717) is 5.02 Å². The number of halogens is 1. The molecule has 1 aromatic carbocycles. The average Bonchev–Trinajstić information content (AvgIpc) is 3.08. The number of pyridine rings is 1. The Labute approximate surface area is 176 Å². The molecule has 4 rings (SSSR count). The maximum atomic E-state index is 11.3. The number of hydrogen-bond acceptors (Lipinski definition) is 4. The Kier molecular flexibility index (Phi) is 6.50. The van der Waals surface area contributed by atoms with Gasteiger partial charge in [0.05, 0.1) is 16.7 Å². The summed E-state index contributed by atoms with van der Waals surface area (Å²) in [5.41, 5.74) is 4.99. The number of aliphatic hydroxyl groups excluding tert-OH is 1. The van der Waals surface area contributed by atoms with Crippen LogP contribution in [0, 0.1) is 0 Å². The van der Waals surface area contributed by atoms with Crippen molar-refractivity contribution < 1.29 is 9.84 Å². The summed E-state index contributed by atoms with van der Waals surface area (Å²) >= 11 is 6.10. The third kappa shape index (κ3) is 4.19. The molecule has 0 saturated carbocycles. The number of rotatable bonds is 8. The number of hydrogen-bond donors (Lipinski definition) is 1. The van der Waals surface area contributed by atoms with Crippen molar-refractivity contribution in [1.82, 2.24) is 14.5 Å². The molecule has 0 aliphatic carbocycles. The molecule has 2 aromatic heterocycles.